The SMILES string of the molecule is C=CC1CCC(c2ccc(OC)c(CCCCC)c2)CC1. The van der Waals surface area contributed by atoms with E-state index in [0.717, 1.165) is 24.0 Å². The Morgan fingerprint density at radius 1 is 1.19 bits per heavy atom. The number of benzene rings is 1. The van der Waals surface area contributed by atoms with Crippen LogP contribution in [0, 0.1) is 5.92 Å². The van der Waals surface area contributed by atoms with Gasteiger partial charge >= 0.3 is 0 Å². The first kappa shape index (κ1) is 16.1. The smallest absolute Gasteiger partial charge is 0.122 e. The van der Waals surface area contributed by atoms with Crippen LogP contribution >= 0.6 is 0 Å². The van der Waals surface area contributed by atoms with Gasteiger partial charge in [0.25, 0.3) is 0 Å². The molecule has 21 heavy (non-hydrogen) atoms. The van der Waals surface area contributed by atoms with Crippen LogP contribution in [0.25, 0.3) is 0 Å². The molecule has 0 unspecified atom stereocenters. The van der Waals surface area contributed by atoms with E-state index in [-0.39, 0.29) is 0 Å². The van der Waals surface area contributed by atoms with Gasteiger partial charge in [0, 0.05) is 0 Å². The molecule has 0 amide bonds. The van der Waals surface area contributed by atoms with Gasteiger partial charge in [0.2, 0.25) is 0 Å². The molecule has 1 heteroatoms. The molecule has 1 aromatic carbocycles. The minimum Gasteiger partial charge on any atom is -0.496 e. The molecule has 116 valence electrons. The fourth-order valence-corrected chi connectivity index (χ4v) is 3.50. The van der Waals surface area contributed by atoms with Gasteiger partial charge in [0.1, 0.15) is 5.75 Å². The number of allylic oxidation sites excluding steroid dienone is 1. The largest absolute Gasteiger partial charge is 0.496 e. The van der Waals surface area contributed by atoms with E-state index in [1.165, 1.54) is 56.1 Å². The summed E-state index contributed by atoms with van der Waals surface area (Å²) >= 11 is 0. The minimum absolute atomic E-state index is 0.733. The molecule has 0 aromatic heterocycles. The Balaban J connectivity index is 2.06. The maximum atomic E-state index is 5.54. The molecule has 0 spiro atoms. The molecule has 0 saturated heterocycles. The molecule has 0 heterocycles. The van der Waals surface area contributed by atoms with E-state index in [1.54, 1.807) is 7.11 Å². The molecule has 0 radical (unpaired) electrons. The first-order valence-electron chi connectivity index (χ1n) is 8.57. The molecule has 0 atom stereocenters. The lowest BCUT2D eigenvalue weighted by atomic mass is 9.78. The van der Waals surface area contributed by atoms with Crippen molar-refractivity contribution in [3.63, 3.8) is 0 Å². The predicted molar refractivity (Wildman–Crippen MR) is 91.1 cm³/mol. The van der Waals surface area contributed by atoms with E-state index < -0.39 is 0 Å². The van der Waals surface area contributed by atoms with E-state index in [4.69, 9.17) is 4.74 Å². The van der Waals surface area contributed by atoms with E-state index in [1.807, 2.05) is 0 Å². The van der Waals surface area contributed by atoms with Crippen molar-refractivity contribution in [2.75, 3.05) is 7.11 Å². The van der Waals surface area contributed by atoms with Crippen molar-refractivity contribution < 1.29 is 4.74 Å². The first-order valence-corrected chi connectivity index (χ1v) is 8.57. The van der Waals surface area contributed by atoms with Crippen LogP contribution in [0.3, 0.4) is 0 Å². The summed E-state index contributed by atoms with van der Waals surface area (Å²) in [6.45, 7) is 6.20. The summed E-state index contributed by atoms with van der Waals surface area (Å²) in [6, 6.07) is 6.87. The Morgan fingerprint density at radius 3 is 2.57 bits per heavy atom. The lowest BCUT2D eigenvalue weighted by Gasteiger charge is -2.27. The van der Waals surface area contributed by atoms with Crippen LogP contribution in [0.15, 0.2) is 30.9 Å². The highest BCUT2D eigenvalue weighted by molar-refractivity contribution is 5.39. The summed E-state index contributed by atoms with van der Waals surface area (Å²) in [5.41, 5.74) is 2.92. The molecule has 1 aliphatic rings. The number of aryl methyl sites for hydroxylation is 1. The van der Waals surface area contributed by atoms with Gasteiger partial charge in [-0.25, -0.2) is 0 Å². The van der Waals surface area contributed by atoms with Crippen molar-refractivity contribution in [1.29, 1.82) is 0 Å². The molecule has 0 aliphatic heterocycles. The van der Waals surface area contributed by atoms with Crippen molar-refractivity contribution in [3.8, 4) is 5.75 Å². The quantitative estimate of drug-likeness (QED) is 0.448. The summed E-state index contributed by atoms with van der Waals surface area (Å²) in [5.74, 6) is 2.54. The fraction of sp³-hybridized carbons (Fsp3) is 0.600. The standard InChI is InChI=1S/C20H30O/c1-4-6-7-8-19-15-18(13-14-20(19)21-3)17-11-9-16(5-2)10-12-17/h5,13-17H,2,4,6-12H2,1,3H3. The van der Waals surface area contributed by atoms with Gasteiger partial charge in [0.15, 0.2) is 0 Å². The second-order valence-corrected chi connectivity index (χ2v) is 6.38. The normalized spacial score (nSPS) is 22.0. The summed E-state index contributed by atoms with van der Waals surface area (Å²) in [7, 11) is 1.79. The van der Waals surface area contributed by atoms with E-state index in [0.29, 0.717) is 0 Å². The minimum atomic E-state index is 0.733. The van der Waals surface area contributed by atoms with Crippen LogP contribution in [-0.2, 0) is 6.42 Å². The highest BCUT2D eigenvalue weighted by atomic mass is 16.5. The second-order valence-electron chi connectivity index (χ2n) is 6.38. The zero-order valence-corrected chi connectivity index (χ0v) is 13.7. The van der Waals surface area contributed by atoms with Gasteiger partial charge in [-0.1, -0.05) is 38.0 Å². The van der Waals surface area contributed by atoms with E-state index in [2.05, 4.69) is 37.8 Å². The van der Waals surface area contributed by atoms with Gasteiger partial charge in [0.05, 0.1) is 7.11 Å². The number of hydrogen-bond donors (Lipinski definition) is 0. The predicted octanol–water partition coefficient (Wildman–Crippen LogP) is 5.89. The van der Waals surface area contributed by atoms with Crippen LogP contribution in [-0.4, -0.2) is 7.11 Å². The third-order valence-electron chi connectivity index (χ3n) is 4.93. The van der Waals surface area contributed by atoms with Crippen molar-refractivity contribution in [2.24, 2.45) is 5.92 Å². The Bertz CT molecular complexity index is 441. The molecule has 1 saturated carbocycles. The first-order chi connectivity index (χ1) is 10.3. The third-order valence-corrected chi connectivity index (χ3v) is 4.93. The average molecular weight is 286 g/mol. The van der Waals surface area contributed by atoms with Crippen molar-refractivity contribution >= 4 is 0 Å². The zero-order chi connectivity index (χ0) is 15.1. The molecule has 1 aromatic rings. The number of hydrogen-bond acceptors (Lipinski definition) is 1. The molecular weight excluding hydrogens is 256 g/mol. The topological polar surface area (TPSA) is 9.23 Å². The van der Waals surface area contributed by atoms with Gasteiger partial charge in [-0.15, -0.1) is 6.58 Å². The second kappa shape index (κ2) is 8.26. The number of rotatable bonds is 7. The van der Waals surface area contributed by atoms with Crippen LogP contribution in [0.4, 0.5) is 0 Å². The maximum absolute atomic E-state index is 5.54. The van der Waals surface area contributed by atoms with Crippen LogP contribution < -0.4 is 4.74 Å². The van der Waals surface area contributed by atoms with Crippen LogP contribution in [0.2, 0.25) is 0 Å². The van der Waals surface area contributed by atoms with Crippen LogP contribution in [0.1, 0.15) is 68.9 Å². The maximum Gasteiger partial charge on any atom is 0.122 e. The highest BCUT2D eigenvalue weighted by Gasteiger charge is 2.21. The highest BCUT2D eigenvalue weighted by Crippen LogP contribution is 2.37. The summed E-state index contributed by atoms with van der Waals surface area (Å²) in [6.07, 6.45) is 12.3. The summed E-state index contributed by atoms with van der Waals surface area (Å²) in [4.78, 5) is 0. The van der Waals surface area contributed by atoms with Gasteiger partial charge in [-0.05, 0) is 67.6 Å². The van der Waals surface area contributed by atoms with Gasteiger partial charge in [-0.3, -0.25) is 0 Å². The van der Waals surface area contributed by atoms with Crippen molar-refractivity contribution in [1.82, 2.24) is 0 Å². The van der Waals surface area contributed by atoms with Gasteiger partial charge in [-0.2, -0.15) is 0 Å². The zero-order valence-electron chi connectivity index (χ0n) is 13.7. The molecule has 1 aliphatic carbocycles. The Morgan fingerprint density at radius 2 is 1.95 bits per heavy atom. The lowest BCUT2D eigenvalue weighted by molar-refractivity contribution is 0.375. The number of methoxy groups -OCH3 is 1. The van der Waals surface area contributed by atoms with Crippen LogP contribution in [0.5, 0.6) is 5.75 Å². The molecule has 1 nitrogen and oxygen atoms in total. The summed E-state index contributed by atoms with van der Waals surface area (Å²) < 4.78 is 5.54. The molecule has 0 N–H and O–H groups in total. The van der Waals surface area contributed by atoms with E-state index >= 15 is 0 Å². The summed E-state index contributed by atoms with van der Waals surface area (Å²) in [5, 5.41) is 0. The third kappa shape index (κ3) is 4.36. The molecule has 0 bridgehead atoms. The lowest BCUT2D eigenvalue weighted by Crippen LogP contribution is -2.11. The Labute approximate surface area is 130 Å². The van der Waals surface area contributed by atoms with Crippen molar-refractivity contribution in [3.05, 3.63) is 42.0 Å². The van der Waals surface area contributed by atoms with Gasteiger partial charge < -0.3 is 4.74 Å². The van der Waals surface area contributed by atoms with E-state index in [9.17, 15) is 0 Å². The molecule has 2 rings (SSSR count). The van der Waals surface area contributed by atoms with Crippen molar-refractivity contribution in [2.45, 2.75) is 64.2 Å². The Hall–Kier alpha value is -1.24. The molecule has 1 fully saturated rings. The fourth-order valence-electron chi connectivity index (χ4n) is 3.50. The number of unbranched alkanes of at least 4 members (excludes halogenated alkanes) is 2. The Kier molecular flexibility index (Phi) is 6.35. The molecular formula is C20H30O. The average Bonchev–Trinajstić information content (AvgIpc) is 2.55. The number of ether oxygens (including phenoxy) is 1. The monoisotopic (exact) mass is 286 g/mol.